The number of halogens is 1. The Hall–Kier alpha value is -1.73. The first-order chi connectivity index (χ1) is 10.1. The first kappa shape index (κ1) is 14.2. The summed E-state index contributed by atoms with van der Waals surface area (Å²) < 4.78 is 3.00. The van der Waals surface area contributed by atoms with Crippen molar-refractivity contribution in [3.8, 4) is 11.4 Å². The van der Waals surface area contributed by atoms with Crippen LogP contribution in [0, 0.1) is 4.64 Å². The SMILES string of the molecule is CCCn1c(=O)[nH]c(=S)c2[nH]c(-c3ccc(Br)cc3)nc21. The van der Waals surface area contributed by atoms with Crippen LogP contribution in [0.15, 0.2) is 33.5 Å². The van der Waals surface area contributed by atoms with E-state index in [1.165, 1.54) is 0 Å². The van der Waals surface area contributed by atoms with E-state index in [-0.39, 0.29) is 5.69 Å². The summed E-state index contributed by atoms with van der Waals surface area (Å²) in [6, 6.07) is 7.80. The topological polar surface area (TPSA) is 66.5 Å². The summed E-state index contributed by atoms with van der Waals surface area (Å²) in [6.07, 6.45) is 0.847. The van der Waals surface area contributed by atoms with E-state index in [1.807, 2.05) is 31.2 Å². The number of aromatic nitrogens is 4. The van der Waals surface area contributed by atoms with Crippen LogP contribution >= 0.6 is 28.1 Å². The lowest BCUT2D eigenvalue weighted by Crippen LogP contribution is -2.23. The summed E-state index contributed by atoms with van der Waals surface area (Å²) in [5, 5.41) is 0. The van der Waals surface area contributed by atoms with Gasteiger partial charge in [-0.05, 0) is 18.6 Å². The Balaban J connectivity index is 2.26. The van der Waals surface area contributed by atoms with E-state index in [0.717, 1.165) is 16.5 Å². The Bertz CT molecular complexity index is 907. The molecule has 2 aromatic heterocycles. The molecule has 0 unspecified atom stereocenters. The lowest BCUT2D eigenvalue weighted by molar-refractivity contribution is 0.654. The third-order valence-corrected chi connectivity index (χ3v) is 4.03. The molecule has 0 spiro atoms. The summed E-state index contributed by atoms with van der Waals surface area (Å²) in [7, 11) is 0. The van der Waals surface area contributed by atoms with Gasteiger partial charge >= 0.3 is 5.69 Å². The summed E-state index contributed by atoms with van der Waals surface area (Å²) >= 11 is 8.63. The second-order valence-electron chi connectivity index (χ2n) is 4.70. The minimum absolute atomic E-state index is 0.219. The summed E-state index contributed by atoms with van der Waals surface area (Å²) in [5.41, 5.74) is 2.02. The molecular formula is C14H13BrN4OS. The zero-order valence-electron chi connectivity index (χ0n) is 11.3. The molecule has 3 rings (SSSR count). The number of hydrogen-bond donors (Lipinski definition) is 2. The van der Waals surface area contributed by atoms with Crippen molar-refractivity contribution < 1.29 is 0 Å². The lowest BCUT2D eigenvalue weighted by atomic mass is 10.2. The van der Waals surface area contributed by atoms with Gasteiger partial charge < -0.3 is 4.98 Å². The number of aryl methyl sites for hydroxylation is 1. The predicted molar refractivity (Wildman–Crippen MR) is 89.0 cm³/mol. The van der Waals surface area contributed by atoms with Gasteiger partial charge in [0.1, 0.15) is 16.0 Å². The largest absolute Gasteiger partial charge is 0.334 e. The van der Waals surface area contributed by atoms with Crippen molar-refractivity contribution in [2.24, 2.45) is 0 Å². The maximum absolute atomic E-state index is 12.0. The van der Waals surface area contributed by atoms with Gasteiger partial charge in [-0.25, -0.2) is 9.78 Å². The minimum atomic E-state index is -0.219. The highest BCUT2D eigenvalue weighted by molar-refractivity contribution is 9.10. The summed E-state index contributed by atoms with van der Waals surface area (Å²) in [5.74, 6) is 0.701. The zero-order valence-corrected chi connectivity index (χ0v) is 13.7. The highest BCUT2D eigenvalue weighted by Crippen LogP contribution is 2.22. The van der Waals surface area contributed by atoms with Crippen molar-refractivity contribution in [2.45, 2.75) is 19.9 Å². The van der Waals surface area contributed by atoms with E-state index in [1.54, 1.807) is 4.57 Å². The molecule has 0 saturated heterocycles. The second-order valence-corrected chi connectivity index (χ2v) is 6.03. The Morgan fingerprint density at radius 1 is 1.29 bits per heavy atom. The van der Waals surface area contributed by atoms with Crippen LogP contribution in [0.25, 0.3) is 22.6 Å². The highest BCUT2D eigenvalue weighted by Gasteiger charge is 2.11. The number of aromatic amines is 2. The van der Waals surface area contributed by atoms with Gasteiger partial charge in [0.05, 0.1) is 0 Å². The summed E-state index contributed by atoms with van der Waals surface area (Å²) in [4.78, 5) is 22.5. The van der Waals surface area contributed by atoms with Crippen LogP contribution in [0.5, 0.6) is 0 Å². The number of rotatable bonds is 3. The van der Waals surface area contributed by atoms with Crippen molar-refractivity contribution in [3.63, 3.8) is 0 Å². The number of H-pyrrole nitrogens is 2. The van der Waals surface area contributed by atoms with E-state index >= 15 is 0 Å². The minimum Gasteiger partial charge on any atom is -0.334 e. The van der Waals surface area contributed by atoms with E-state index in [0.29, 0.717) is 28.2 Å². The molecule has 0 aliphatic heterocycles. The molecule has 0 amide bonds. The first-order valence-corrected chi connectivity index (χ1v) is 7.79. The van der Waals surface area contributed by atoms with Gasteiger partial charge in [-0.2, -0.15) is 0 Å². The number of imidazole rings is 1. The standard InChI is InChI=1S/C14H13BrN4OS/c1-2-7-19-12-10(13(21)18-14(19)20)16-11(17-12)8-3-5-9(15)6-4-8/h3-6H,2,7H2,1H3,(H,16,17)(H,18,20,21). The molecule has 1 aromatic carbocycles. The first-order valence-electron chi connectivity index (χ1n) is 6.59. The van der Waals surface area contributed by atoms with Crippen LogP contribution in [0.1, 0.15) is 13.3 Å². The Kier molecular flexibility index (Phi) is 3.77. The maximum Gasteiger partial charge on any atom is 0.328 e. The molecule has 2 heterocycles. The van der Waals surface area contributed by atoms with Crippen LogP contribution in [0.3, 0.4) is 0 Å². The van der Waals surface area contributed by atoms with Crippen LogP contribution < -0.4 is 5.69 Å². The molecule has 21 heavy (non-hydrogen) atoms. The van der Waals surface area contributed by atoms with Gasteiger partial charge in [0.2, 0.25) is 0 Å². The molecule has 0 atom stereocenters. The fourth-order valence-electron chi connectivity index (χ4n) is 2.22. The average Bonchev–Trinajstić information content (AvgIpc) is 2.90. The van der Waals surface area contributed by atoms with E-state index < -0.39 is 0 Å². The maximum atomic E-state index is 12.0. The quantitative estimate of drug-likeness (QED) is 0.697. The average molecular weight is 365 g/mol. The van der Waals surface area contributed by atoms with Gasteiger partial charge in [0.15, 0.2) is 5.65 Å². The van der Waals surface area contributed by atoms with Crippen molar-refractivity contribution in [3.05, 3.63) is 43.9 Å². The van der Waals surface area contributed by atoms with E-state index in [4.69, 9.17) is 12.2 Å². The van der Waals surface area contributed by atoms with Crippen molar-refractivity contribution in [1.82, 2.24) is 19.5 Å². The fraction of sp³-hybridized carbons (Fsp3) is 0.214. The van der Waals surface area contributed by atoms with Crippen molar-refractivity contribution in [1.29, 1.82) is 0 Å². The van der Waals surface area contributed by atoms with Gasteiger partial charge in [-0.1, -0.05) is 47.2 Å². The van der Waals surface area contributed by atoms with Gasteiger partial charge in [0.25, 0.3) is 0 Å². The van der Waals surface area contributed by atoms with Crippen LogP contribution in [0.4, 0.5) is 0 Å². The van der Waals surface area contributed by atoms with E-state index in [2.05, 4.69) is 30.9 Å². The third kappa shape index (κ3) is 2.58. The van der Waals surface area contributed by atoms with Crippen LogP contribution in [0.2, 0.25) is 0 Å². The van der Waals surface area contributed by atoms with Gasteiger partial charge in [-0.15, -0.1) is 0 Å². The number of hydrogen-bond acceptors (Lipinski definition) is 3. The molecule has 0 radical (unpaired) electrons. The normalized spacial score (nSPS) is 11.1. The lowest BCUT2D eigenvalue weighted by Gasteiger charge is -2.03. The number of benzene rings is 1. The molecule has 3 aromatic rings. The van der Waals surface area contributed by atoms with Crippen LogP contribution in [-0.4, -0.2) is 19.5 Å². The molecule has 7 heteroatoms. The smallest absolute Gasteiger partial charge is 0.328 e. The monoisotopic (exact) mass is 364 g/mol. The number of fused-ring (bicyclic) bond motifs is 1. The number of nitrogens with one attached hydrogen (secondary N) is 2. The number of nitrogens with zero attached hydrogens (tertiary/aromatic N) is 2. The Morgan fingerprint density at radius 2 is 2.00 bits per heavy atom. The fourth-order valence-corrected chi connectivity index (χ4v) is 2.71. The van der Waals surface area contributed by atoms with Crippen molar-refractivity contribution in [2.75, 3.05) is 0 Å². The van der Waals surface area contributed by atoms with E-state index in [9.17, 15) is 4.79 Å². The Labute approximate surface area is 134 Å². The molecule has 2 N–H and O–H groups in total. The molecule has 0 bridgehead atoms. The van der Waals surface area contributed by atoms with Crippen molar-refractivity contribution >= 4 is 39.3 Å². The third-order valence-electron chi connectivity index (χ3n) is 3.20. The zero-order chi connectivity index (χ0) is 15.0. The molecule has 108 valence electrons. The van der Waals surface area contributed by atoms with Gasteiger partial charge in [-0.3, -0.25) is 9.55 Å². The molecule has 0 aliphatic rings. The molecule has 0 aliphatic carbocycles. The summed E-state index contributed by atoms with van der Waals surface area (Å²) in [6.45, 7) is 2.62. The predicted octanol–water partition coefficient (Wildman–Crippen LogP) is 3.62. The molecule has 0 fully saturated rings. The molecule has 5 nitrogen and oxygen atoms in total. The van der Waals surface area contributed by atoms with Crippen LogP contribution in [-0.2, 0) is 6.54 Å². The molecule has 0 saturated carbocycles. The molecular weight excluding hydrogens is 352 g/mol. The second kappa shape index (κ2) is 5.57. The van der Waals surface area contributed by atoms with Gasteiger partial charge in [0, 0.05) is 16.6 Å². The highest BCUT2D eigenvalue weighted by atomic mass is 79.9. The Morgan fingerprint density at radius 3 is 2.67 bits per heavy atom.